The van der Waals surface area contributed by atoms with Crippen molar-refractivity contribution in [2.24, 2.45) is 0 Å². The molecule has 0 aliphatic rings. The zero-order valence-corrected chi connectivity index (χ0v) is 18.4. The van der Waals surface area contributed by atoms with Gasteiger partial charge >= 0.3 is 5.97 Å². The van der Waals surface area contributed by atoms with Crippen molar-refractivity contribution in [1.82, 2.24) is 0 Å². The topological polar surface area (TPSA) is 126 Å². The van der Waals surface area contributed by atoms with Gasteiger partial charge in [-0.25, -0.2) is 4.79 Å². The van der Waals surface area contributed by atoms with Crippen LogP contribution >= 0.6 is 0 Å². The first-order valence-electron chi connectivity index (χ1n) is 10.1. The Kier molecular flexibility index (Phi) is 8.82. The molecule has 0 heterocycles. The molecule has 32 heavy (non-hydrogen) atoms. The van der Waals surface area contributed by atoms with Gasteiger partial charge in [0.15, 0.2) is 18.1 Å². The fraction of sp³-hybridized carbons (Fsp3) is 0.364. The minimum atomic E-state index is -0.764. The van der Waals surface area contributed by atoms with Gasteiger partial charge in [0.25, 0.3) is 11.6 Å². The number of anilines is 1. The molecule has 0 saturated carbocycles. The Bertz CT molecular complexity index is 963. The van der Waals surface area contributed by atoms with E-state index < -0.39 is 23.4 Å². The van der Waals surface area contributed by atoms with E-state index in [4.69, 9.17) is 18.9 Å². The van der Waals surface area contributed by atoms with Crippen LogP contribution in [0.2, 0.25) is 0 Å². The van der Waals surface area contributed by atoms with Crippen LogP contribution in [0.5, 0.6) is 17.2 Å². The first-order chi connectivity index (χ1) is 15.3. The fourth-order valence-corrected chi connectivity index (χ4v) is 2.80. The Balaban J connectivity index is 2.12. The number of nitrogens with zero attached hydrogens (tertiary/aromatic N) is 1. The standard InChI is InChI=1S/C22H26N2O8/c1-5-29-18-10-15(11-19(30-6-2)21(18)31-7-3)22(26)32-13-20(25)23-16-9-8-14(4)17(12-16)24(27)28/h8-12H,5-7,13H2,1-4H3,(H,23,25). The fourth-order valence-electron chi connectivity index (χ4n) is 2.80. The van der Waals surface area contributed by atoms with E-state index in [2.05, 4.69) is 5.32 Å². The largest absolute Gasteiger partial charge is 0.490 e. The number of hydrogen-bond donors (Lipinski definition) is 1. The highest BCUT2D eigenvalue weighted by Gasteiger charge is 2.20. The number of hydrogen-bond acceptors (Lipinski definition) is 8. The molecule has 0 spiro atoms. The summed E-state index contributed by atoms with van der Waals surface area (Å²) in [5, 5.41) is 13.5. The summed E-state index contributed by atoms with van der Waals surface area (Å²) in [4.78, 5) is 35.2. The van der Waals surface area contributed by atoms with Gasteiger partial charge < -0.3 is 24.3 Å². The van der Waals surface area contributed by atoms with E-state index in [1.165, 1.54) is 30.3 Å². The van der Waals surface area contributed by atoms with Gasteiger partial charge in [0, 0.05) is 17.3 Å². The summed E-state index contributed by atoms with van der Waals surface area (Å²) in [5.41, 5.74) is 0.687. The first kappa shape index (κ1) is 24.4. The molecule has 0 atom stereocenters. The van der Waals surface area contributed by atoms with Crippen molar-refractivity contribution in [1.29, 1.82) is 0 Å². The van der Waals surface area contributed by atoms with Gasteiger partial charge in [-0.15, -0.1) is 0 Å². The average Bonchev–Trinajstić information content (AvgIpc) is 2.75. The second kappa shape index (κ2) is 11.5. The molecule has 1 N–H and O–H groups in total. The van der Waals surface area contributed by atoms with E-state index in [0.717, 1.165) is 0 Å². The van der Waals surface area contributed by atoms with E-state index in [0.29, 0.717) is 42.6 Å². The molecule has 0 aromatic heterocycles. The smallest absolute Gasteiger partial charge is 0.338 e. The van der Waals surface area contributed by atoms with E-state index in [1.807, 2.05) is 6.92 Å². The number of aryl methyl sites for hydroxylation is 1. The van der Waals surface area contributed by atoms with Crippen LogP contribution in [0, 0.1) is 17.0 Å². The molecule has 172 valence electrons. The summed E-state index contributed by atoms with van der Waals surface area (Å²) in [6, 6.07) is 7.20. The molecule has 2 aromatic carbocycles. The number of carbonyl (C=O) groups is 2. The maximum absolute atomic E-state index is 12.5. The average molecular weight is 446 g/mol. The lowest BCUT2D eigenvalue weighted by Gasteiger charge is -2.16. The molecule has 0 radical (unpaired) electrons. The van der Waals surface area contributed by atoms with Gasteiger partial charge in [-0.1, -0.05) is 6.07 Å². The molecule has 0 unspecified atom stereocenters. The molecular formula is C22H26N2O8. The predicted octanol–water partition coefficient (Wildman–Crippen LogP) is 3.89. The zero-order chi connectivity index (χ0) is 23.7. The number of carbonyl (C=O) groups excluding carboxylic acids is 2. The number of nitro benzene ring substituents is 1. The highest BCUT2D eigenvalue weighted by molar-refractivity contribution is 5.96. The minimum absolute atomic E-state index is 0.124. The van der Waals surface area contributed by atoms with Crippen LogP contribution in [0.1, 0.15) is 36.7 Å². The number of benzene rings is 2. The first-order valence-corrected chi connectivity index (χ1v) is 10.1. The van der Waals surface area contributed by atoms with Crippen molar-refractivity contribution >= 4 is 23.3 Å². The molecule has 1 amide bonds. The SMILES string of the molecule is CCOc1cc(C(=O)OCC(=O)Nc2ccc(C)c([N+](=O)[O-])c2)cc(OCC)c1OCC. The lowest BCUT2D eigenvalue weighted by atomic mass is 10.2. The predicted molar refractivity (Wildman–Crippen MR) is 117 cm³/mol. The Morgan fingerprint density at radius 3 is 2.09 bits per heavy atom. The van der Waals surface area contributed by atoms with Crippen molar-refractivity contribution < 1.29 is 33.5 Å². The molecule has 0 saturated heterocycles. The second-order valence-electron chi connectivity index (χ2n) is 6.48. The monoisotopic (exact) mass is 446 g/mol. The van der Waals surface area contributed by atoms with Crippen LogP contribution in [0.15, 0.2) is 30.3 Å². The molecule has 2 rings (SSSR count). The third-order valence-electron chi connectivity index (χ3n) is 4.17. The lowest BCUT2D eigenvalue weighted by Crippen LogP contribution is -2.21. The number of esters is 1. The third kappa shape index (κ3) is 6.34. The van der Waals surface area contributed by atoms with Crippen LogP contribution in [-0.2, 0) is 9.53 Å². The minimum Gasteiger partial charge on any atom is -0.490 e. The normalized spacial score (nSPS) is 10.2. The zero-order valence-electron chi connectivity index (χ0n) is 18.4. The van der Waals surface area contributed by atoms with Gasteiger partial charge in [0.05, 0.1) is 30.3 Å². The number of ether oxygens (including phenoxy) is 4. The maximum atomic E-state index is 12.5. The van der Waals surface area contributed by atoms with E-state index in [9.17, 15) is 19.7 Å². The van der Waals surface area contributed by atoms with Gasteiger partial charge in [0.2, 0.25) is 5.75 Å². The molecule has 2 aromatic rings. The van der Waals surface area contributed by atoms with Crippen molar-refractivity contribution in [3.8, 4) is 17.2 Å². The Morgan fingerprint density at radius 2 is 1.56 bits per heavy atom. The summed E-state index contributed by atoms with van der Waals surface area (Å²) >= 11 is 0. The number of nitrogens with one attached hydrogen (secondary N) is 1. The number of nitro groups is 1. The molecular weight excluding hydrogens is 420 g/mol. The van der Waals surface area contributed by atoms with Crippen molar-refractivity contribution in [2.75, 3.05) is 31.7 Å². The summed E-state index contributed by atoms with van der Waals surface area (Å²) in [6.45, 7) is 7.47. The third-order valence-corrected chi connectivity index (χ3v) is 4.17. The Hall–Kier alpha value is -3.82. The molecule has 0 fully saturated rings. The highest BCUT2D eigenvalue weighted by atomic mass is 16.6. The molecule has 0 aliphatic heterocycles. The van der Waals surface area contributed by atoms with E-state index in [-0.39, 0.29) is 16.9 Å². The summed E-state index contributed by atoms with van der Waals surface area (Å²) in [5.74, 6) is -0.378. The summed E-state index contributed by atoms with van der Waals surface area (Å²) in [6.07, 6.45) is 0. The molecule has 10 heteroatoms. The number of amides is 1. The van der Waals surface area contributed by atoms with E-state index >= 15 is 0 Å². The number of rotatable bonds is 11. The van der Waals surface area contributed by atoms with Crippen LogP contribution in [0.3, 0.4) is 0 Å². The van der Waals surface area contributed by atoms with Crippen molar-refractivity contribution in [3.05, 3.63) is 51.6 Å². The Labute approximate surface area is 185 Å². The summed E-state index contributed by atoms with van der Waals surface area (Å²) in [7, 11) is 0. The van der Waals surface area contributed by atoms with Crippen molar-refractivity contribution in [3.63, 3.8) is 0 Å². The quantitative estimate of drug-likeness (QED) is 0.313. The van der Waals surface area contributed by atoms with E-state index in [1.54, 1.807) is 20.8 Å². The van der Waals surface area contributed by atoms with Crippen LogP contribution < -0.4 is 19.5 Å². The van der Waals surface area contributed by atoms with Crippen LogP contribution in [0.4, 0.5) is 11.4 Å². The maximum Gasteiger partial charge on any atom is 0.338 e. The Morgan fingerprint density at radius 1 is 0.969 bits per heavy atom. The molecule has 0 aliphatic carbocycles. The second-order valence-corrected chi connectivity index (χ2v) is 6.48. The van der Waals surface area contributed by atoms with Gasteiger partial charge in [-0.05, 0) is 45.9 Å². The highest BCUT2D eigenvalue weighted by Crippen LogP contribution is 2.39. The van der Waals surface area contributed by atoms with Gasteiger partial charge in [0.1, 0.15) is 0 Å². The van der Waals surface area contributed by atoms with Crippen LogP contribution in [0.25, 0.3) is 0 Å². The summed E-state index contributed by atoms with van der Waals surface area (Å²) < 4.78 is 21.8. The molecule has 0 bridgehead atoms. The van der Waals surface area contributed by atoms with Gasteiger partial charge in [-0.3, -0.25) is 14.9 Å². The molecule has 10 nitrogen and oxygen atoms in total. The van der Waals surface area contributed by atoms with Crippen LogP contribution in [-0.4, -0.2) is 43.2 Å². The van der Waals surface area contributed by atoms with Crippen molar-refractivity contribution in [2.45, 2.75) is 27.7 Å². The lowest BCUT2D eigenvalue weighted by molar-refractivity contribution is -0.385. The van der Waals surface area contributed by atoms with Gasteiger partial charge in [-0.2, -0.15) is 0 Å².